The first kappa shape index (κ1) is 23.5. The summed E-state index contributed by atoms with van der Waals surface area (Å²) in [5, 5.41) is 11.6. The Hall–Kier alpha value is -3.61. The molecule has 2 aromatic rings. The fourth-order valence-corrected chi connectivity index (χ4v) is 4.39. The van der Waals surface area contributed by atoms with Crippen LogP contribution in [0.1, 0.15) is 43.2 Å². The second kappa shape index (κ2) is 10.5. The number of hydrogen-bond donors (Lipinski definition) is 2. The van der Waals surface area contributed by atoms with Crippen molar-refractivity contribution in [3.63, 3.8) is 0 Å². The Morgan fingerprint density at radius 1 is 1.06 bits per heavy atom. The van der Waals surface area contributed by atoms with E-state index in [4.69, 9.17) is 9.84 Å². The van der Waals surface area contributed by atoms with Crippen LogP contribution in [0.15, 0.2) is 60.2 Å². The van der Waals surface area contributed by atoms with Gasteiger partial charge in [-0.1, -0.05) is 54.6 Å². The normalized spacial score (nSPS) is 14.8. The first-order valence-corrected chi connectivity index (χ1v) is 11.7. The van der Waals surface area contributed by atoms with Gasteiger partial charge in [-0.25, -0.2) is 4.79 Å². The summed E-state index contributed by atoms with van der Waals surface area (Å²) >= 11 is 0. The Morgan fingerprint density at radius 2 is 1.68 bits per heavy atom. The smallest absolute Gasteiger partial charge is 0.407 e. The van der Waals surface area contributed by atoms with Crippen molar-refractivity contribution >= 4 is 18.0 Å². The number of alkyl carbamates (subject to hydrolysis) is 1. The highest BCUT2D eigenvalue weighted by Crippen LogP contribution is 2.44. The van der Waals surface area contributed by atoms with Crippen LogP contribution in [0.2, 0.25) is 0 Å². The summed E-state index contributed by atoms with van der Waals surface area (Å²) in [6.45, 7) is 2.84. The standard InChI is InChI=1S/C27H30N2O5/c1-18(26(32)29(15-13-25(30)31)16-19-10-11-19)12-14-28-27(33)34-17-24-22-8-4-2-6-20(22)21-7-3-5-9-23(21)24/h2-9,12,19,24H,10-11,13-17H2,1H3,(H,28,33)(H,30,31)/b18-12+. The summed E-state index contributed by atoms with van der Waals surface area (Å²) < 4.78 is 5.52. The molecule has 2 amide bonds. The zero-order valence-electron chi connectivity index (χ0n) is 19.3. The van der Waals surface area contributed by atoms with Gasteiger partial charge in [-0.05, 0) is 47.9 Å². The summed E-state index contributed by atoms with van der Waals surface area (Å²) in [5.74, 6) is -0.665. The monoisotopic (exact) mass is 462 g/mol. The van der Waals surface area contributed by atoms with Crippen LogP contribution < -0.4 is 5.32 Å². The van der Waals surface area contributed by atoms with Crippen LogP contribution in [0, 0.1) is 5.92 Å². The van der Waals surface area contributed by atoms with Gasteiger partial charge >= 0.3 is 12.1 Å². The highest BCUT2D eigenvalue weighted by molar-refractivity contribution is 5.93. The Balaban J connectivity index is 1.29. The molecule has 0 atom stereocenters. The van der Waals surface area contributed by atoms with Crippen molar-refractivity contribution in [3.05, 3.63) is 71.3 Å². The Labute approximate surface area is 199 Å². The fourth-order valence-electron chi connectivity index (χ4n) is 4.39. The van der Waals surface area contributed by atoms with Gasteiger partial charge in [0.15, 0.2) is 0 Å². The van der Waals surface area contributed by atoms with E-state index >= 15 is 0 Å². The molecule has 0 bridgehead atoms. The van der Waals surface area contributed by atoms with E-state index in [1.54, 1.807) is 17.9 Å². The first-order valence-electron chi connectivity index (χ1n) is 11.7. The van der Waals surface area contributed by atoms with E-state index in [1.165, 1.54) is 11.1 Å². The second-order valence-electron chi connectivity index (χ2n) is 8.93. The highest BCUT2D eigenvalue weighted by atomic mass is 16.5. The van der Waals surface area contributed by atoms with Crippen molar-refractivity contribution in [1.29, 1.82) is 0 Å². The predicted molar refractivity (Wildman–Crippen MR) is 128 cm³/mol. The lowest BCUT2D eigenvalue weighted by Gasteiger charge is -2.22. The predicted octanol–water partition coefficient (Wildman–Crippen LogP) is 4.18. The molecule has 0 spiro atoms. The SMILES string of the molecule is C/C(=C\CNC(=O)OCC1c2ccccc2-c2ccccc21)C(=O)N(CCC(=O)O)CC1CC1. The Bertz CT molecular complexity index is 1060. The van der Waals surface area contributed by atoms with Crippen LogP contribution in [-0.2, 0) is 14.3 Å². The summed E-state index contributed by atoms with van der Waals surface area (Å²) in [6, 6.07) is 16.3. The molecule has 1 saturated carbocycles. The molecule has 4 rings (SSSR count). The molecule has 7 heteroatoms. The van der Waals surface area contributed by atoms with Gasteiger partial charge in [0, 0.05) is 31.1 Å². The number of carboxylic acids is 1. The van der Waals surface area contributed by atoms with Crippen LogP contribution in [0.4, 0.5) is 4.79 Å². The highest BCUT2D eigenvalue weighted by Gasteiger charge is 2.29. The van der Waals surface area contributed by atoms with Crippen molar-refractivity contribution in [1.82, 2.24) is 10.2 Å². The molecule has 7 nitrogen and oxygen atoms in total. The summed E-state index contributed by atoms with van der Waals surface area (Å²) in [5.41, 5.74) is 5.11. The zero-order chi connectivity index (χ0) is 24.1. The molecule has 0 aromatic heterocycles. The lowest BCUT2D eigenvalue weighted by Crippen LogP contribution is -2.35. The van der Waals surface area contributed by atoms with E-state index in [2.05, 4.69) is 29.6 Å². The van der Waals surface area contributed by atoms with E-state index in [9.17, 15) is 14.4 Å². The summed E-state index contributed by atoms with van der Waals surface area (Å²) in [6.07, 6.45) is 3.17. The third-order valence-electron chi connectivity index (χ3n) is 6.39. The Kier molecular flexibility index (Phi) is 7.30. The third-order valence-corrected chi connectivity index (χ3v) is 6.39. The van der Waals surface area contributed by atoms with Gasteiger partial charge in [0.1, 0.15) is 6.61 Å². The number of hydrogen-bond acceptors (Lipinski definition) is 4. The molecular formula is C27H30N2O5. The molecule has 0 heterocycles. The molecule has 2 aromatic carbocycles. The van der Waals surface area contributed by atoms with Crippen molar-refractivity contribution < 1.29 is 24.2 Å². The Morgan fingerprint density at radius 3 is 2.26 bits per heavy atom. The van der Waals surface area contributed by atoms with E-state index in [1.807, 2.05) is 24.3 Å². The maximum Gasteiger partial charge on any atom is 0.407 e. The van der Waals surface area contributed by atoms with E-state index < -0.39 is 12.1 Å². The zero-order valence-corrected chi connectivity index (χ0v) is 19.3. The molecule has 2 aliphatic rings. The topological polar surface area (TPSA) is 95.9 Å². The first-order chi connectivity index (χ1) is 16.4. The average molecular weight is 463 g/mol. The van der Waals surface area contributed by atoms with Gasteiger partial charge in [-0.2, -0.15) is 0 Å². The van der Waals surface area contributed by atoms with Crippen LogP contribution in [0.3, 0.4) is 0 Å². The van der Waals surface area contributed by atoms with Crippen molar-refractivity contribution in [2.75, 3.05) is 26.2 Å². The third kappa shape index (κ3) is 5.65. The molecule has 2 N–H and O–H groups in total. The lowest BCUT2D eigenvalue weighted by atomic mass is 9.98. The number of aliphatic carboxylic acids is 1. The molecule has 0 unspecified atom stereocenters. The number of rotatable bonds is 10. The van der Waals surface area contributed by atoms with Crippen LogP contribution in [0.25, 0.3) is 11.1 Å². The molecule has 1 fully saturated rings. The van der Waals surface area contributed by atoms with E-state index in [0.29, 0.717) is 18.0 Å². The molecule has 2 aliphatic carbocycles. The van der Waals surface area contributed by atoms with Gasteiger partial charge < -0.3 is 20.1 Å². The number of amides is 2. The van der Waals surface area contributed by atoms with Gasteiger partial charge in [0.25, 0.3) is 0 Å². The molecule has 178 valence electrons. The van der Waals surface area contributed by atoms with Crippen molar-refractivity contribution in [2.24, 2.45) is 5.92 Å². The van der Waals surface area contributed by atoms with Gasteiger partial charge in [0.2, 0.25) is 5.91 Å². The molecular weight excluding hydrogens is 432 g/mol. The lowest BCUT2D eigenvalue weighted by molar-refractivity contribution is -0.138. The van der Waals surface area contributed by atoms with E-state index in [-0.39, 0.29) is 37.9 Å². The number of ether oxygens (including phenoxy) is 1. The minimum atomic E-state index is -0.924. The quantitative estimate of drug-likeness (QED) is 0.517. The molecule has 0 radical (unpaired) electrons. The number of carboxylic acid groups (broad SMARTS) is 1. The van der Waals surface area contributed by atoms with Crippen LogP contribution in [-0.4, -0.2) is 54.2 Å². The largest absolute Gasteiger partial charge is 0.481 e. The summed E-state index contributed by atoms with van der Waals surface area (Å²) in [7, 11) is 0. The van der Waals surface area contributed by atoms with Crippen molar-refractivity contribution in [3.8, 4) is 11.1 Å². The maximum atomic E-state index is 12.7. The van der Waals surface area contributed by atoms with Crippen LogP contribution >= 0.6 is 0 Å². The van der Waals surface area contributed by atoms with Gasteiger partial charge in [-0.3, -0.25) is 9.59 Å². The minimum Gasteiger partial charge on any atom is -0.481 e. The average Bonchev–Trinajstić information content (AvgIpc) is 3.60. The molecule has 0 aliphatic heterocycles. The van der Waals surface area contributed by atoms with Gasteiger partial charge in [0.05, 0.1) is 6.42 Å². The number of nitrogens with one attached hydrogen (secondary N) is 1. The van der Waals surface area contributed by atoms with Crippen LogP contribution in [0.5, 0.6) is 0 Å². The number of carbonyl (C=O) groups is 3. The van der Waals surface area contributed by atoms with E-state index in [0.717, 1.165) is 24.0 Å². The van der Waals surface area contributed by atoms with Crippen molar-refractivity contribution in [2.45, 2.75) is 32.1 Å². The van der Waals surface area contributed by atoms with Gasteiger partial charge in [-0.15, -0.1) is 0 Å². The number of benzene rings is 2. The number of nitrogens with zero attached hydrogens (tertiary/aromatic N) is 1. The number of carbonyl (C=O) groups excluding carboxylic acids is 2. The minimum absolute atomic E-state index is 0.0118. The summed E-state index contributed by atoms with van der Waals surface area (Å²) in [4.78, 5) is 37.6. The number of fused-ring (bicyclic) bond motifs is 3. The second-order valence-corrected chi connectivity index (χ2v) is 8.93. The molecule has 0 saturated heterocycles. The maximum absolute atomic E-state index is 12.7. The molecule has 34 heavy (non-hydrogen) atoms. The fraction of sp³-hybridized carbons (Fsp3) is 0.370.